The van der Waals surface area contributed by atoms with Crippen LogP contribution in [0.25, 0.3) is 0 Å². The molecule has 1 N–H and O–H groups in total. The highest BCUT2D eigenvalue weighted by molar-refractivity contribution is 6.76. The minimum Gasteiger partial charge on any atom is -0.491 e. The van der Waals surface area contributed by atoms with Gasteiger partial charge in [0.2, 0.25) is 0 Å². The minimum atomic E-state index is -8.68. The van der Waals surface area contributed by atoms with E-state index in [1.54, 1.807) is 26.0 Å². The summed E-state index contributed by atoms with van der Waals surface area (Å²) in [5, 5.41) is 10.7. The van der Waals surface area contributed by atoms with Crippen LogP contribution in [0.3, 0.4) is 0 Å². The van der Waals surface area contributed by atoms with Crippen molar-refractivity contribution in [1.82, 2.24) is 0 Å². The number of hydrogen-bond donors (Lipinski definition) is 1. The number of aliphatic hydroxyl groups excluding tert-OH is 1. The zero-order valence-corrected chi connectivity index (χ0v) is 32.7. The number of alkyl halides is 17. The van der Waals surface area contributed by atoms with Crippen LogP contribution in [-0.4, -0.2) is 86.8 Å². The molecule has 1 rings (SSSR count). The van der Waals surface area contributed by atoms with Gasteiger partial charge in [-0.3, -0.25) is 0 Å². The number of carbonyl (C=O) groups excluding carboxylic acids is 1. The molecular formula is C35H43F17O5Si. The van der Waals surface area contributed by atoms with Crippen LogP contribution in [0.1, 0.15) is 66.1 Å². The Labute approximate surface area is 323 Å². The summed E-state index contributed by atoms with van der Waals surface area (Å²) in [5.74, 6) is -57.3. The van der Waals surface area contributed by atoms with Crippen molar-refractivity contribution in [2.75, 3.05) is 19.8 Å². The van der Waals surface area contributed by atoms with E-state index in [-0.39, 0.29) is 24.9 Å². The number of benzene rings is 1. The van der Waals surface area contributed by atoms with Crippen molar-refractivity contribution in [2.45, 2.75) is 125 Å². The molecule has 1 aromatic rings. The van der Waals surface area contributed by atoms with E-state index in [0.29, 0.717) is 12.0 Å². The van der Waals surface area contributed by atoms with Crippen LogP contribution in [0.15, 0.2) is 48.6 Å². The first-order chi connectivity index (χ1) is 26.1. The van der Waals surface area contributed by atoms with Gasteiger partial charge in [0.25, 0.3) is 0 Å². The third kappa shape index (κ3) is 10.6. The number of aliphatic hydroxyl groups is 1. The summed E-state index contributed by atoms with van der Waals surface area (Å²) < 4.78 is 250. The summed E-state index contributed by atoms with van der Waals surface area (Å²) in [4.78, 5) is 11.3. The van der Waals surface area contributed by atoms with E-state index in [1.165, 1.54) is 64.1 Å². The molecule has 0 spiro atoms. The van der Waals surface area contributed by atoms with Crippen LogP contribution in [0.4, 0.5) is 74.6 Å². The van der Waals surface area contributed by atoms with Crippen molar-refractivity contribution in [1.29, 1.82) is 0 Å². The zero-order valence-electron chi connectivity index (χ0n) is 31.7. The molecule has 23 heteroatoms. The van der Waals surface area contributed by atoms with Crippen molar-refractivity contribution in [2.24, 2.45) is 5.92 Å². The number of carbonyl (C=O) groups is 1. The molecule has 0 aliphatic rings. The molecular weight excluding hydrogens is 851 g/mol. The summed E-state index contributed by atoms with van der Waals surface area (Å²) in [5.41, 5.74) is -1.23. The maximum atomic E-state index is 14.9. The predicted molar refractivity (Wildman–Crippen MR) is 178 cm³/mol. The molecule has 0 saturated carbocycles. The molecule has 0 saturated heterocycles. The molecule has 0 heterocycles. The lowest BCUT2D eigenvalue weighted by atomic mass is 9.88. The second kappa shape index (κ2) is 19.1. The van der Waals surface area contributed by atoms with Gasteiger partial charge in [0.15, 0.2) is 8.32 Å². The second-order valence-electron chi connectivity index (χ2n) is 13.9. The van der Waals surface area contributed by atoms with Gasteiger partial charge < -0.3 is 19.0 Å². The van der Waals surface area contributed by atoms with Gasteiger partial charge in [-0.15, -0.1) is 0 Å². The van der Waals surface area contributed by atoms with Crippen molar-refractivity contribution < 1.29 is 98.4 Å². The number of esters is 1. The Kier molecular flexibility index (Phi) is 17.4. The largest absolute Gasteiger partial charge is 0.491 e. The Morgan fingerprint density at radius 3 is 1.60 bits per heavy atom. The maximum absolute atomic E-state index is 14.9. The van der Waals surface area contributed by atoms with Gasteiger partial charge in [-0.1, -0.05) is 65.0 Å². The van der Waals surface area contributed by atoms with E-state index < -0.39 is 98.2 Å². The average molecular weight is 895 g/mol. The summed E-state index contributed by atoms with van der Waals surface area (Å²) >= 11 is 0. The molecule has 336 valence electrons. The van der Waals surface area contributed by atoms with E-state index in [4.69, 9.17) is 13.9 Å². The Balaban J connectivity index is 3.13. The maximum Gasteiger partial charge on any atom is 0.460 e. The van der Waals surface area contributed by atoms with Crippen LogP contribution in [-0.2, 0) is 14.0 Å². The predicted octanol–water partition coefficient (Wildman–Crippen LogP) is 12.0. The van der Waals surface area contributed by atoms with Gasteiger partial charge in [-0.05, 0) is 54.1 Å². The number of allylic oxidation sites excluding steroid dienone is 3. The minimum absolute atomic E-state index is 0.183. The molecule has 0 unspecified atom stereocenters. The lowest BCUT2D eigenvalue weighted by Gasteiger charge is -2.44. The monoisotopic (exact) mass is 894 g/mol. The van der Waals surface area contributed by atoms with Crippen LogP contribution in [0, 0.1) is 5.92 Å². The van der Waals surface area contributed by atoms with Crippen molar-refractivity contribution in [3.8, 4) is 5.75 Å². The van der Waals surface area contributed by atoms with Crippen LogP contribution in [0.5, 0.6) is 5.75 Å². The molecule has 5 nitrogen and oxygen atoms in total. The molecule has 0 bridgehead atoms. The average Bonchev–Trinajstić information content (AvgIpc) is 3.09. The van der Waals surface area contributed by atoms with E-state index in [2.05, 4.69) is 0 Å². The van der Waals surface area contributed by atoms with Gasteiger partial charge in [0.1, 0.15) is 12.4 Å². The first-order valence-electron chi connectivity index (χ1n) is 17.3. The third-order valence-corrected chi connectivity index (χ3v) is 15.0. The molecule has 0 aliphatic carbocycles. The van der Waals surface area contributed by atoms with Gasteiger partial charge in [-0.2, -0.15) is 74.6 Å². The van der Waals surface area contributed by atoms with E-state index >= 15 is 0 Å². The number of halogens is 17. The molecule has 0 aliphatic heterocycles. The highest BCUT2D eigenvalue weighted by Gasteiger charge is 2.95. The van der Waals surface area contributed by atoms with Gasteiger partial charge in [-0.25, -0.2) is 4.79 Å². The normalized spacial score (nSPS) is 15.8. The highest BCUT2D eigenvalue weighted by atomic mass is 28.4. The Morgan fingerprint density at radius 2 is 1.16 bits per heavy atom. The van der Waals surface area contributed by atoms with Crippen LogP contribution in [0.2, 0.25) is 17.1 Å². The second-order valence-corrected chi connectivity index (χ2v) is 18.9. The summed E-state index contributed by atoms with van der Waals surface area (Å²) in [6.45, 7) is 8.08. The van der Waals surface area contributed by atoms with Crippen molar-refractivity contribution in [3.63, 3.8) is 0 Å². The van der Waals surface area contributed by atoms with Gasteiger partial charge in [0.05, 0.1) is 19.3 Å². The lowest BCUT2D eigenvalue weighted by Crippen LogP contribution is -2.74. The van der Waals surface area contributed by atoms with E-state index in [0.717, 1.165) is 0 Å². The molecule has 2 atom stereocenters. The smallest absolute Gasteiger partial charge is 0.460 e. The third-order valence-electron chi connectivity index (χ3n) is 9.33. The molecule has 0 amide bonds. The fourth-order valence-corrected chi connectivity index (χ4v) is 10.1. The Hall–Kier alpha value is -3.08. The molecule has 58 heavy (non-hydrogen) atoms. The number of rotatable bonds is 23. The van der Waals surface area contributed by atoms with E-state index in [1.807, 2.05) is 0 Å². The fraction of sp³-hybridized carbons (Fsp3) is 0.686. The van der Waals surface area contributed by atoms with Gasteiger partial charge in [0, 0.05) is 12.5 Å². The standard InChI is InChI=1S/C35H43F17O5Si/c1-7-55-26(53)12-10-8-9-11-23(6)27(54)24-13-15-25(16-14-24)56-18-19-57-58(21(2)3,22(4)5)20-17-28(36,37)29(38,39)30(40,41)31(42,43)32(44,45)33(46,47)34(48,49)35(50,51)52/h8-10,12-16,21-23,27,54H,7,11,17-20H2,1-6H3/b9-8+,12-10+/t23-,27-/m0/s1. The van der Waals surface area contributed by atoms with Gasteiger partial charge >= 0.3 is 53.6 Å². The highest BCUT2D eigenvalue weighted by Crippen LogP contribution is 2.64. The number of ether oxygens (including phenoxy) is 2. The summed E-state index contributed by atoms with van der Waals surface area (Å²) in [6.07, 6.45) is -4.92. The zero-order chi connectivity index (χ0) is 45.6. The first-order valence-corrected chi connectivity index (χ1v) is 19.6. The Morgan fingerprint density at radius 1 is 0.690 bits per heavy atom. The summed E-state index contributed by atoms with van der Waals surface area (Å²) in [7, 11) is -3.94. The Bertz CT molecular complexity index is 1520. The van der Waals surface area contributed by atoms with E-state index in [9.17, 15) is 84.5 Å². The molecule has 0 radical (unpaired) electrons. The van der Waals surface area contributed by atoms with Crippen molar-refractivity contribution in [3.05, 3.63) is 54.1 Å². The van der Waals surface area contributed by atoms with Crippen molar-refractivity contribution >= 4 is 14.3 Å². The number of hydrogen-bond acceptors (Lipinski definition) is 5. The quantitative estimate of drug-likeness (QED) is 0.0296. The molecule has 0 fully saturated rings. The van der Waals surface area contributed by atoms with Crippen LogP contribution < -0.4 is 4.74 Å². The molecule has 0 aromatic heterocycles. The van der Waals surface area contributed by atoms with Crippen LogP contribution >= 0.6 is 0 Å². The fourth-order valence-electron chi connectivity index (χ4n) is 5.66. The summed E-state index contributed by atoms with van der Waals surface area (Å²) in [6, 6.07) is 4.57. The lowest BCUT2D eigenvalue weighted by molar-refractivity contribution is -0.461. The topological polar surface area (TPSA) is 65.0 Å². The SMILES string of the molecule is CCOC(=O)/C=C/C=C/C[C@H](C)[C@H](O)c1ccc(OCCO[Si](CCC(F)(F)C(F)(F)C(F)(F)C(F)(F)C(F)(F)C(F)(F)C(F)(F)C(F)(F)F)(C(C)C)C(C)C)cc1. The first kappa shape index (κ1) is 52.9. The molecule has 1 aromatic carbocycles.